The average molecular weight is 413 g/mol. The van der Waals surface area contributed by atoms with Crippen LogP contribution in [0.25, 0.3) is 0 Å². The normalized spacial score (nSPS) is 12.8. The predicted molar refractivity (Wildman–Crippen MR) is 111 cm³/mol. The van der Waals surface area contributed by atoms with Gasteiger partial charge in [-0.3, -0.25) is 19.4 Å². The summed E-state index contributed by atoms with van der Waals surface area (Å²) >= 11 is 0. The molecule has 0 bridgehead atoms. The molecule has 0 aromatic rings. The van der Waals surface area contributed by atoms with E-state index in [1.165, 1.54) is 0 Å². The van der Waals surface area contributed by atoms with E-state index in [1.807, 2.05) is 34.6 Å². The Morgan fingerprint density at radius 2 is 1.38 bits per heavy atom. The maximum absolute atomic E-state index is 12.2. The quantitative estimate of drug-likeness (QED) is 0.280. The number of hydrogen-bond acceptors (Lipinski definition) is 8. The Hall–Kier alpha value is -2.25. The molecule has 0 radical (unpaired) electrons. The van der Waals surface area contributed by atoms with Gasteiger partial charge in [0.05, 0.1) is 18.4 Å². The van der Waals surface area contributed by atoms with Gasteiger partial charge in [-0.25, -0.2) is 0 Å². The number of carbonyl (C=O) groups is 3. The van der Waals surface area contributed by atoms with Crippen molar-refractivity contribution in [3.8, 4) is 0 Å². The summed E-state index contributed by atoms with van der Waals surface area (Å²) in [5.74, 6) is -1.37. The Kier molecular flexibility index (Phi) is 12.8. The summed E-state index contributed by atoms with van der Waals surface area (Å²) in [6, 6.07) is 0. The first-order valence-corrected chi connectivity index (χ1v) is 10.0. The highest BCUT2D eigenvalue weighted by Crippen LogP contribution is 2.10. The van der Waals surface area contributed by atoms with Crippen LogP contribution >= 0.6 is 0 Å². The zero-order valence-electron chi connectivity index (χ0n) is 18.6. The second-order valence-corrected chi connectivity index (χ2v) is 8.03. The molecular formula is C21H36N2O6. The third kappa shape index (κ3) is 16.4. The smallest absolute Gasteiger partial charge is 0.306 e. The fourth-order valence-corrected chi connectivity index (χ4v) is 2.28. The van der Waals surface area contributed by atoms with Gasteiger partial charge in [0.25, 0.3) is 0 Å². The van der Waals surface area contributed by atoms with Gasteiger partial charge in [0.1, 0.15) is 13.2 Å². The van der Waals surface area contributed by atoms with Crippen molar-refractivity contribution in [1.29, 1.82) is 5.41 Å². The molecule has 0 aliphatic carbocycles. The number of carbonyl (C=O) groups excluding carboxylic acids is 3. The van der Waals surface area contributed by atoms with Gasteiger partial charge in [0, 0.05) is 17.8 Å². The van der Waals surface area contributed by atoms with Crippen LogP contribution in [0.4, 0.5) is 0 Å². The Morgan fingerprint density at radius 1 is 0.862 bits per heavy atom. The molecule has 8 heteroatoms. The monoisotopic (exact) mass is 412 g/mol. The van der Waals surface area contributed by atoms with Crippen molar-refractivity contribution in [3.05, 3.63) is 0 Å². The van der Waals surface area contributed by atoms with Crippen molar-refractivity contribution in [2.24, 2.45) is 4.99 Å². The number of esters is 3. The third-order valence-corrected chi connectivity index (χ3v) is 3.53. The van der Waals surface area contributed by atoms with Gasteiger partial charge in [-0.2, -0.15) is 0 Å². The Labute approximate surface area is 173 Å². The van der Waals surface area contributed by atoms with Crippen molar-refractivity contribution >= 4 is 29.3 Å². The molecule has 1 atom stereocenters. The zero-order valence-corrected chi connectivity index (χ0v) is 18.6. The molecule has 0 aliphatic rings. The average Bonchev–Trinajstić information content (AvgIpc) is 2.59. The molecule has 1 N–H and O–H groups in total. The van der Waals surface area contributed by atoms with Crippen molar-refractivity contribution in [1.82, 2.24) is 0 Å². The molecule has 166 valence electrons. The van der Waals surface area contributed by atoms with Crippen molar-refractivity contribution in [3.63, 3.8) is 0 Å². The first-order chi connectivity index (χ1) is 13.4. The lowest BCUT2D eigenvalue weighted by Gasteiger charge is -2.18. The molecule has 29 heavy (non-hydrogen) atoms. The van der Waals surface area contributed by atoms with E-state index in [2.05, 4.69) is 4.99 Å². The molecule has 0 spiro atoms. The van der Waals surface area contributed by atoms with Gasteiger partial charge in [-0.15, -0.1) is 0 Å². The summed E-state index contributed by atoms with van der Waals surface area (Å²) in [6.45, 7) is 10.9. The molecule has 0 aliphatic heterocycles. The van der Waals surface area contributed by atoms with E-state index in [1.54, 1.807) is 6.92 Å². The van der Waals surface area contributed by atoms with Crippen LogP contribution in [0.15, 0.2) is 4.99 Å². The third-order valence-electron chi connectivity index (χ3n) is 3.53. The molecule has 0 saturated heterocycles. The van der Waals surface area contributed by atoms with Gasteiger partial charge in [-0.05, 0) is 53.9 Å². The number of nitrogens with zero attached hydrogens (tertiary/aromatic N) is 1. The van der Waals surface area contributed by atoms with E-state index >= 15 is 0 Å². The topological polar surface area (TPSA) is 115 Å². The number of rotatable bonds is 13. The van der Waals surface area contributed by atoms with Crippen LogP contribution in [-0.2, 0) is 28.6 Å². The Morgan fingerprint density at radius 3 is 1.86 bits per heavy atom. The minimum atomic E-state index is -0.867. The van der Waals surface area contributed by atoms with Gasteiger partial charge >= 0.3 is 17.9 Å². The van der Waals surface area contributed by atoms with E-state index in [-0.39, 0.29) is 38.0 Å². The van der Waals surface area contributed by atoms with Crippen molar-refractivity contribution in [2.75, 3.05) is 13.2 Å². The fraction of sp³-hybridized carbons (Fsp3) is 0.762. The maximum Gasteiger partial charge on any atom is 0.306 e. The highest BCUT2D eigenvalue weighted by molar-refractivity contribution is 5.86. The Balaban J connectivity index is 4.67. The second-order valence-electron chi connectivity index (χ2n) is 8.03. The fourth-order valence-electron chi connectivity index (χ4n) is 2.28. The summed E-state index contributed by atoms with van der Waals surface area (Å²) in [7, 11) is 0. The number of aliphatic imine (C=N–C) groups is 1. The maximum atomic E-state index is 12.2. The van der Waals surface area contributed by atoms with Gasteiger partial charge in [0.2, 0.25) is 0 Å². The molecule has 0 rings (SSSR count). The molecular weight excluding hydrogens is 376 g/mol. The molecule has 8 nitrogen and oxygen atoms in total. The van der Waals surface area contributed by atoms with Crippen LogP contribution in [0, 0.1) is 5.41 Å². The predicted octanol–water partition coefficient (Wildman–Crippen LogP) is 3.64. The van der Waals surface area contributed by atoms with Gasteiger partial charge in [0.15, 0.2) is 6.10 Å². The van der Waals surface area contributed by atoms with Crippen LogP contribution in [0.2, 0.25) is 0 Å². The van der Waals surface area contributed by atoms with E-state index < -0.39 is 24.0 Å². The standard InChI is InChI=1S/C21H36N2O6/c1-7-8-18(24)27-13-17(14-28-19(25)11-9-15(2)22)29-20(26)12-10-16(3)23-21(4,5)6/h17,22H,7-14H2,1-6H3. The van der Waals surface area contributed by atoms with E-state index in [4.69, 9.17) is 19.6 Å². The number of ether oxygens (including phenoxy) is 3. The summed E-state index contributed by atoms with van der Waals surface area (Å²) in [6.07, 6.45) is 1.01. The molecule has 0 fully saturated rings. The van der Waals surface area contributed by atoms with E-state index in [0.717, 1.165) is 5.71 Å². The van der Waals surface area contributed by atoms with Gasteiger partial charge < -0.3 is 19.6 Å². The zero-order chi connectivity index (χ0) is 22.4. The first-order valence-electron chi connectivity index (χ1n) is 10.0. The van der Waals surface area contributed by atoms with Crippen LogP contribution in [0.3, 0.4) is 0 Å². The first kappa shape index (κ1) is 26.8. The minimum Gasteiger partial charge on any atom is -0.462 e. The summed E-state index contributed by atoms with van der Waals surface area (Å²) < 4.78 is 15.6. The lowest BCUT2D eigenvalue weighted by atomic mass is 10.1. The SMILES string of the molecule is CCCC(=O)OCC(COC(=O)CCC(C)=N)OC(=O)CCC(C)=NC(C)(C)C. The second kappa shape index (κ2) is 13.8. The van der Waals surface area contributed by atoms with E-state index in [9.17, 15) is 14.4 Å². The van der Waals surface area contributed by atoms with Crippen LogP contribution in [-0.4, -0.2) is 54.2 Å². The van der Waals surface area contributed by atoms with Crippen molar-refractivity contribution < 1.29 is 28.6 Å². The molecule has 0 heterocycles. The summed E-state index contributed by atoms with van der Waals surface area (Å²) in [5, 5.41) is 7.34. The molecule has 0 aromatic carbocycles. The highest BCUT2D eigenvalue weighted by Gasteiger charge is 2.20. The summed E-state index contributed by atoms with van der Waals surface area (Å²) in [5.41, 5.74) is 1.01. The van der Waals surface area contributed by atoms with Crippen LogP contribution in [0.5, 0.6) is 0 Å². The van der Waals surface area contributed by atoms with Crippen molar-refractivity contribution in [2.45, 2.75) is 91.7 Å². The molecule has 0 saturated carbocycles. The lowest BCUT2D eigenvalue weighted by Crippen LogP contribution is -2.31. The lowest BCUT2D eigenvalue weighted by molar-refractivity contribution is -0.166. The highest BCUT2D eigenvalue weighted by atomic mass is 16.6. The molecule has 1 unspecified atom stereocenters. The van der Waals surface area contributed by atoms with E-state index in [0.29, 0.717) is 25.0 Å². The van der Waals surface area contributed by atoms with Crippen LogP contribution in [0.1, 0.15) is 80.1 Å². The van der Waals surface area contributed by atoms with Gasteiger partial charge in [-0.1, -0.05) is 6.92 Å². The van der Waals surface area contributed by atoms with Crippen LogP contribution < -0.4 is 0 Å². The minimum absolute atomic E-state index is 0.0775. The Bertz CT molecular complexity index is 592. The number of nitrogens with one attached hydrogen (secondary N) is 1. The molecule has 0 amide bonds. The largest absolute Gasteiger partial charge is 0.462 e. The number of hydrogen-bond donors (Lipinski definition) is 1. The molecule has 0 aromatic heterocycles. The summed E-state index contributed by atoms with van der Waals surface area (Å²) in [4.78, 5) is 40.0.